The van der Waals surface area contributed by atoms with Gasteiger partial charge in [-0.15, -0.1) is 0 Å². The summed E-state index contributed by atoms with van der Waals surface area (Å²) in [5.74, 6) is -1.47. The molecule has 1 amide bonds. The van der Waals surface area contributed by atoms with E-state index in [4.69, 9.17) is 0 Å². The Hall–Kier alpha value is -4.25. The Morgan fingerprint density at radius 3 is 2.41 bits per heavy atom. The van der Waals surface area contributed by atoms with Crippen LogP contribution < -0.4 is 0 Å². The number of Topliss-reactive ketones (excluding diaryl/α,β-unsaturated/α-hetero) is 1. The molecule has 0 bridgehead atoms. The van der Waals surface area contributed by atoms with Crippen molar-refractivity contribution >= 4 is 28.2 Å². The zero-order valence-electron chi connectivity index (χ0n) is 19.0. The van der Waals surface area contributed by atoms with E-state index in [0.717, 1.165) is 33.0 Å². The van der Waals surface area contributed by atoms with Crippen LogP contribution in [0.2, 0.25) is 0 Å². The molecule has 168 valence electrons. The molecule has 5 nitrogen and oxygen atoms in total. The summed E-state index contributed by atoms with van der Waals surface area (Å²) in [6.07, 6.45) is 3.26. The molecule has 0 saturated carbocycles. The molecule has 1 aliphatic heterocycles. The Bertz CT molecular complexity index is 1460. The number of rotatable bonds is 4. The normalized spacial score (nSPS) is 17.5. The van der Waals surface area contributed by atoms with Gasteiger partial charge in [-0.05, 0) is 59.5 Å². The molecule has 0 aliphatic carbocycles. The van der Waals surface area contributed by atoms with Crippen LogP contribution in [0.25, 0.3) is 16.5 Å². The van der Waals surface area contributed by atoms with Crippen LogP contribution >= 0.6 is 0 Å². The van der Waals surface area contributed by atoms with Crippen LogP contribution in [0.5, 0.6) is 0 Å². The number of ketones is 1. The second kappa shape index (κ2) is 8.60. The maximum absolute atomic E-state index is 13.3. The standard InChI is InChI=1S/C29H24N2O3/c1-18-7-8-19(2)24(15-18)17-31-26(21-11-13-30-14-12-21)25(28(33)29(31)34)27(32)23-10-9-20-5-3-4-6-22(20)16-23/h3-16,26,32H,17H2,1-2H3/b27-25-. The number of nitrogens with zero attached hydrogens (tertiary/aromatic N) is 2. The van der Waals surface area contributed by atoms with E-state index in [1.54, 1.807) is 35.5 Å². The lowest BCUT2D eigenvalue weighted by atomic mass is 9.94. The maximum Gasteiger partial charge on any atom is 0.295 e. The molecule has 1 aromatic heterocycles. The maximum atomic E-state index is 13.3. The highest BCUT2D eigenvalue weighted by atomic mass is 16.3. The number of aliphatic hydroxyl groups is 1. The van der Waals surface area contributed by atoms with Crippen molar-refractivity contribution in [3.05, 3.63) is 119 Å². The first-order valence-electron chi connectivity index (χ1n) is 11.2. The second-order valence-electron chi connectivity index (χ2n) is 8.70. The predicted octanol–water partition coefficient (Wildman–Crippen LogP) is 5.47. The average Bonchev–Trinajstić information content (AvgIpc) is 3.11. The Labute approximate surface area is 198 Å². The molecule has 2 heterocycles. The van der Waals surface area contributed by atoms with Gasteiger partial charge in [0.1, 0.15) is 5.76 Å². The molecule has 5 heteroatoms. The second-order valence-corrected chi connectivity index (χ2v) is 8.70. The van der Waals surface area contributed by atoms with Gasteiger partial charge in [-0.25, -0.2) is 0 Å². The zero-order valence-corrected chi connectivity index (χ0v) is 19.0. The lowest BCUT2D eigenvalue weighted by Crippen LogP contribution is -2.29. The molecular weight excluding hydrogens is 424 g/mol. The number of pyridine rings is 1. The number of hydrogen-bond donors (Lipinski definition) is 1. The van der Waals surface area contributed by atoms with Gasteiger partial charge in [-0.1, -0.05) is 60.2 Å². The first-order valence-corrected chi connectivity index (χ1v) is 11.2. The van der Waals surface area contributed by atoms with E-state index < -0.39 is 17.7 Å². The Morgan fingerprint density at radius 1 is 0.912 bits per heavy atom. The molecule has 4 aromatic rings. The van der Waals surface area contributed by atoms with E-state index in [1.807, 2.05) is 68.4 Å². The molecule has 0 radical (unpaired) electrons. The highest BCUT2D eigenvalue weighted by Crippen LogP contribution is 2.40. The molecule has 1 aliphatic rings. The molecule has 0 spiro atoms. The topological polar surface area (TPSA) is 70.5 Å². The van der Waals surface area contributed by atoms with Crippen LogP contribution in [0.15, 0.2) is 90.8 Å². The van der Waals surface area contributed by atoms with Gasteiger partial charge in [0.25, 0.3) is 11.7 Å². The van der Waals surface area contributed by atoms with Gasteiger partial charge >= 0.3 is 0 Å². The average molecular weight is 449 g/mol. The van der Waals surface area contributed by atoms with Gasteiger partial charge in [0, 0.05) is 24.5 Å². The minimum atomic E-state index is -0.714. The minimum Gasteiger partial charge on any atom is -0.507 e. The van der Waals surface area contributed by atoms with E-state index in [0.29, 0.717) is 5.56 Å². The zero-order chi connectivity index (χ0) is 23.8. The number of fused-ring (bicyclic) bond motifs is 1. The van der Waals surface area contributed by atoms with E-state index in [-0.39, 0.29) is 17.9 Å². The highest BCUT2D eigenvalue weighted by molar-refractivity contribution is 6.46. The number of carbonyl (C=O) groups excluding carboxylic acids is 2. The Kier molecular flexibility index (Phi) is 5.46. The summed E-state index contributed by atoms with van der Waals surface area (Å²) in [6.45, 7) is 4.25. The summed E-state index contributed by atoms with van der Waals surface area (Å²) in [6, 6.07) is 22.2. The number of aromatic nitrogens is 1. The van der Waals surface area contributed by atoms with Crippen LogP contribution in [0, 0.1) is 13.8 Å². The van der Waals surface area contributed by atoms with Gasteiger partial charge in [0.2, 0.25) is 0 Å². The number of aryl methyl sites for hydroxylation is 2. The van der Waals surface area contributed by atoms with Gasteiger partial charge in [-0.3, -0.25) is 14.6 Å². The van der Waals surface area contributed by atoms with E-state index >= 15 is 0 Å². The number of amides is 1. The molecule has 3 aromatic carbocycles. The highest BCUT2D eigenvalue weighted by Gasteiger charge is 2.46. The summed E-state index contributed by atoms with van der Waals surface area (Å²) in [5, 5.41) is 13.3. The van der Waals surface area contributed by atoms with E-state index in [1.165, 1.54) is 0 Å². The number of likely N-dealkylation sites (tertiary alicyclic amines) is 1. The van der Waals surface area contributed by atoms with Crippen molar-refractivity contribution in [2.24, 2.45) is 0 Å². The lowest BCUT2D eigenvalue weighted by molar-refractivity contribution is -0.140. The van der Waals surface area contributed by atoms with Gasteiger partial charge in [-0.2, -0.15) is 0 Å². The smallest absolute Gasteiger partial charge is 0.295 e. The summed E-state index contributed by atoms with van der Waals surface area (Å²) < 4.78 is 0. The molecule has 5 rings (SSSR count). The predicted molar refractivity (Wildman–Crippen MR) is 132 cm³/mol. The molecule has 1 fully saturated rings. The molecule has 1 N–H and O–H groups in total. The summed E-state index contributed by atoms with van der Waals surface area (Å²) in [7, 11) is 0. The molecule has 34 heavy (non-hydrogen) atoms. The van der Waals surface area contributed by atoms with E-state index in [9.17, 15) is 14.7 Å². The number of benzene rings is 3. The third kappa shape index (κ3) is 3.75. The van der Waals surface area contributed by atoms with E-state index in [2.05, 4.69) is 4.98 Å². The number of hydrogen-bond acceptors (Lipinski definition) is 4. The monoisotopic (exact) mass is 448 g/mol. The van der Waals surface area contributed by atoms with Crippen LogP contribution in [-0.2, 0) is 16.1 Å². The van der Waals surface area contributed by atoms with Crippen molar-refractivity contribution in [1.82, 2.24) is 9.88 Å². The summed E-state index contributed by atoms with van der Waals surface area (Å²) in [5.41, 5.74) is 4.40. The molecule has 1 unspecified atom stereocenters. The van der Waals surface area contributed by atoms with Crippen molar-refractivity contribution < 1.29 is 14.7 Å². The first kappa shape index (κ1) is 21.6. The van der Waals surface area contributed by atoms with Crippen LogP contribution in [0.4, 0.5) is 0 Å². The van der Waals surface area contributed by atoms with Gasteiger partial charge < -0.3 is 10.0 Å². The van der Waals surface area contributed by atoms with Gasteiger partial charge in [0.15, 0.2) is 0 Å². The molecular formula is C29H24N2O3. The number of aliphatic hydroxyl groups excluding tert-OH is 1. The summed E-state index contributed by atoms with van der Waals surface area (Å²) >= 11 is 0. The van der Waals surface area contributed by atoms with Crippen molar-refractivity contribution in [2.75, 3.05) is 0 Å². The fraction of sp³-hybridized carbons (Fsp3) is 0.138. The number of carbonyl (C=O) groups is 2. The quantitative estimate of drug-likeness (QED) is 0.255. The molecule has 1 atom stereocenters. The molecule has 1 saturated heterocycles. The third-order valence-corrected chi connectivity index (χ3v) is 6.43. The van der Waals surface area contributed by atoms with Crippen molar-refractivity contribution in [3.8, 4) is 0 Å². The first-order chi connectivity index (χ1) is 16.4. The summed E-state index contributed by atoms with van der Waals surface area (Å²) in [4.78, 5) is 32.2. The Morgan fingerprint density at radius 2 is 1.65 bits per heavy atom. The largest absolute Gasteiger partial charge is 0.507 e. The van der Waals surface area contributed by atoms with Gasteiger partial charge in [0.05, 0.1) is 11.6 Å². The minimum absolute atomic E-state index is 0.0942. The van der Waals surface area contributed by atoms with Crippen molar-refractivity contribution in [3.63, 3.8) is 0 Å². The van der Waals surface area contributed by atoms with Crippen LogP contribution in [0.3, 0.4) is 0 Å². The SMILES string of the molecule is Cc1ccc(C)c(CN2C(=O)C(=O)/C(=C(\O)c3ccc4ccccc4c3)C2c2ccncc2)c1. The third-order valence-electron chi connectivity index (χ3n) is 6.43. The lowest BCUT2D eigenvalue weighted by Gasteiger charge is -2.26. The van der Waals surface area contributed by atoms with Crippen LogP contribution in [-0.4, -0.2) is 26.7 Å². The Balaban J connectivity index is 1.66. The fourth-order valence-electron chi connectivity index (χ4n) is 4.58. The fourth-order valence-corrected chi connectivity index (χ4v) is 4.58. The van der Waals surface area contributed by atoms with Crippen LogP contribution in [0.1, 0.15) is 33.9 Å². The van der Waals surface area contributed by atoms with Crippen molar-refractivity contribution in [2.45, 2.75) is 26.4 Å². The van der Waals surface area contributed by atoms with Crippen molar-refractivity contribution in [1.29, 1.82) is 0 Å².